The van der Waals surface area contributed by atoms with Crippen molar-refractivity contribution in [2.45, 2.75) is 31.5 Å². The van der Waals surface area contributed by atoms with Gasteiger partial charge in [0.1, 0.15) is 0 Å². The van der Waals surface area contributed by atoms with E-state index in [0.717, 1.165) is 36.3 Å². The second-order valence-corrected chi connectivity index (χ2v) is 6.49. The van der Waals surface area contributed by atoms with E-state index in [-0.39, 0.29) is 5.60 Å². The smallest absolute Gasteiger partial charge is 0.373 e. The molecule has 0 saturated carbocycles. The van der Waals surface area contributed by atoms with Gasteiger partial charge in [-0.15, -0.1) is 0 Å². The van der Waals surface area contributed by atoms with E-state index in [2.05, 4.69) is 10.3 Å². The molecule has 1 fully saturated rings. The molecule has 1 aromatic carbocycles. The summed E-state index contributed by atoms with van der Waals surface area (Å²) < 4.78 is 44.4. The minimum absolute atomic E-state index is 0.213. The predicted octanol–water partition coefficient (Wildman–Crippen LogP) is 4.30. The Bertz CT molecular complexity index is 647. The lowest BCUT2D eigenvalue weighted by atomic mass is 10.0. The van der Waals surface area contributed by atoms with Gasteiger partial charge in [0, 0.05) is 13.2 Å². The molecule has 0 radical (unpaired) electrons. The van der Waals surface area contributed by atoms with Crippen molar-refractivity contribution in [2.75, 3.05) is 18.5 Å². The number of thiazole rings is 1. The molecule has 1 aliphatic heterocycles. The summed E-state index contributed by atoms with van der Waals surface area (Å²) in [5, 5.41) is 3.80. The summed E-state index contributed by atoms with van der Waals surface area (Å²) in [7, 11) is 0. The van der Waals surface area contributed by atoms with Crippen LogP contribution in [0.15, 0.2) is 18.2 Å². The maximum Gasteiger partial charge on any atom is 0.416 e. The van der Waals surface area contributed by atoms with Gasteiger partial charge in [-0.1, -0.05) is 11.3 Å². The highest BCUT2D eigenvalue weighted by Gasteiger charge is 2.31. The van der Waals surface area contributed by atoms with Crippen LogP contribution in [0.5, 0.6) is 0 Å². The summed E-state index contributed by atoms with van der Waals surface area (Å²) in [6.07, 6.45) is -2.33. The minimum atomic E-state index is -4.34. The fourth-order valence-electron chi connectivity index (χ4n) is 2.42. The van der Waals surface area contributed by atoms with Crippen molar-refractivity contribution in [3.63, 3.8) is 0 Å². The zero-order valence-corrected chi connectivity index (χ0v) is 12.3. The van der Waals surface area contributed by atoms with Crippen molar-refractivity contribution < 1.29 is 17.9 Å². The second kappa shape index (κ2) is 5.14. The van der Waals surface area contributed by atoms with E-state index in [9.17, 15) is 13.2 Å². The van der Waals surface area contributed by atoms with Crippen molar-refractivity contribution in [3.05, 3.63) is 23.8 Å². The van der Waals surface area contributed by atoms with E-state index in [4.69, 9.17) is 4.74 Å². The number of hydrogen-bond acceptors (Lipinski definition) is 4. The predicted molar refractivity (Wildman–Crippen MR) is 76.7 cm³/mol. The van der Waals surface area contributed by atoms with E-state index < -0.39 is 11.7 Å². The van der Waals surface area contributed by atoms with Gasteiger partial charge in [-0.25, -0.2) is 4.98 Å². The SMILES string of the molecule is CC1(CNc2nc3cc(C(F)(F)F)ccc3s2)CCCO1. The van der Waals surface area contributed by atoms with Crippen LogP contribution in [-0.2, 0) is 10.9 Å². The van der Waals surface area contributed by atoms with Crippen LogP contribution < -0.4 is 5.32 Å². The molecule has 1 aromatic heterocycles. The molecule has 1 saturated heterocycles. The van der Waals surface area contributed by atoms with Gasteiger partial charge in [-0.3, -0.25) is 0 Å². The van der Waals surface area contributed by atoms with Gasteiger partial charge in [-0.2, -0.15) is 13.2 Å². The molecule has 1 atom stereocenters. The number of benzene rings is 1. The lowest BCUT2D eigenvalue weighted by Gasteiger charge is -2.22. The summed E-state index contributed by atoms with van der Waals surface area (Å²) in [5.41, 5.74) is -0.512. The van der Waals surface area contributed by atoms with E-state index in [1.807, 2.05) is 6.92 Å². The number of nitrogens with one attached hydrogen (secondary N) is 1. The van der Waals surface area contributed by atoms with Crippen LogP contribution in [0, 0.1) is 0 Å². The number of halogens is 3. The maximum atomic E-state index is 12.7. The number of aromatic nitrogens is 1. The Hall–Kier alpha value is -1.34. The summed E-state index contributed by atoms with van der Waals surface area (Å²) in [5.74, 6) is 0. The van der Waals surface area contributed by atoms with Gasteiger partial charge >= 0.3 is 6.18 Å². The number of ether oxygens (including phenoxy) is 1. The molecule has 0 spiro atoms. The van der Waals surface area contributed by atoms with Crippen molar-refractivity contribution >= 4 is 26.7 Å². The molecular weight excluding hydrogens is 301 g/mol. The highest BCUT2D eigenvalue weighted by Crippen LogP contribution is 2.34. The van der Waals surface area contributed by atoms with Gasteiger partial charge in [0.05, 0.1) is 21.4 Å². The van der Waals surface area contributed by atoms with Gasteiger partial charge in [-0.05, 0) is 38.0 Å². The molecule has 0 amide bonds. The van der Waals surface area contributed by atoms with Gasteiger partial charge < -0.3 is 10.1 Å². The van der Waals surface area contributed by atoms with Crippen molar-refractivity contribution in [1.29, 1.82) is 0 Å². The summed E-state index contributed by atoms with van der Waals surface area (Å²) >= 11 is 1.35. The molecule has 1 aliphatic rings. The molecule has 2 aromatic rings. The fourth-order valence-corrected chi connectivity index (χ4v) is 3.26. The number of anilines is 1. The monoisotopic (exact) mass is 316 g/mol. The molecule has 0 aliphatic carbocycles. The second-order valence-electron chi connectivity index (χ2n) is 5.45. The van der Waals surface area contributed by atoms with E-state index in [0.29, 0.717) is 17.2 Å². The van der Waals surface area contributed by atoms with Crippen LogP contribution >= 0.6 is 11.3 Å². The molecule has 21 heavy (non-hydrogen) atoms. The van der Waals surface area contributed by atoms with Gasteiger partial charge in [0.15, 0.2) is 5.13 Å². The zero-order valence-electron chi connectivity index (χ0n) is 11.5. The zero-order chi connectivity index (χ0) is 15.1. The Morgan fingerprint density at radius 3 is 2.90 bits per heavy atom. The first-order chi connectivity index (χ1) is 9.86. The topological polar surface area (TPSA) is 34.2 Å². The number of alkyl halides is 3. The Morgan fingerprint density at radius 2 is 2.24 bits per heavy atom. The Morgan fingerprint density at radius 1 is 1.43 bits per heavy atom. The third-order valence-electron chi connectivity index (χ3n) is 3.63. The molecule has 2 heterocycles. The fraction of sp³-hybridized carbons (Fsp3) is 0.500. The number of nitrogens with zero attached hydrogens (tertiary/aromatic N) is 1. The number of hydrogen-bond donors (Lipinski definition) is 1. The third kappa shape index (κ3) is 3.13. The van der Waals surface area contributed by atoms with E-state index in [1.54, 1.807) is 0 Å². The summed E-state index contributed by atoms with van der Waals surface area (Å²) in [4.78, 5) is 4.23. The van der Waals surface area contributed by atoms with Gasteiger partial charge in [0.25, 0.3) is 0 Å². The van der Waals surface area contributed by atoms with Crippen LogP contribution in [0.25, 0.3) is 10.2 Å². The highest BCUT2D eigenvalue weighted by molar-refractivity contribution is 7.22. The lowest BCUT2D eigenvalue weighted by Crippen LogP contribution is -2.32. The van der Waals surface area contributed by atoms with Crippen LogP contribution in [0.3, 0.4) is 0 Å². The molecule has 7 heteroatoms. The Kier molecular flexibility index (Phi) is 3.57. The van der Waals surface area contributed by atoms with Crippen LogP contribution in [0.4, 0.5) is 18.3 Å². The maximum absolute atomic E-state index is 12.7. The standard InChI is InChI=1S/C14H15F3N2OS/c1-13(5-2-6-20-13)8-18-12-19-10-7-9(14(15,16)17)3-4-11(10)21-12/h3-4,7H,2,5-6,8H2,1H3,(H,18,19). The number of rotatable bonds is 3. The first-order valence-electron chi connectivity index (χ1n) is 6.71. The summed E-state index contributed by atoms with van der Waals surface area (Å²) in [6.45, 7) is 3.40. The van der Waals surface area contributed by atoms with Crippen molar-refractivity contribution in [1.82, 2.24) is 4.98 Å². The quantitative estimate of drug-likeness (QED) is 0.917. The molecular formula is C14H15F3N2OS. The lowest BCUT2D eigenvalue weighted by molar-refractivity contribution is -0.137. The molecule has 114 valence electrons. The van der Waals surface area contributed by atoms with Crippen LogP contribution in [-0.4, -0.2) is 23.7 Å². The molecule has 0 bridgehead atoms. The number of fused-ring (bicyclic) bond motifs is 1. The average Bonchev–Trinajstić information content (AvgIpc) is 3.01. The van der Waals surface area contributed by atoms with E-state index in [1.165, 1.54) is 17.4 Å². The third-order valence-corrected chi connectivity index (χ3v) is 4.62. The largest absolute Gasteiger partial charge is 0.416 e. The Balaban J connectivity index is 1.78. The van der Waals surface area contributed by atoms with Crippen molar-refractivity contribution in [2.24, 2.45) is 0 Å². The van der Waals surface area contributed by atoms with Gasteiger partial charge in [0.2, 0.25) is 0 Å². The molecule has 3 rings (SSSR count). The molecule has 3 nitrogen and oxygen atoms in total. The molecule has 1 N–H and O–H groups in total. The Labute approximate surface area is 124 Å². The first kappa shape index (κ1) is 14.6. The van der Waals surface area contributed by atoms with Crippen LogP contribution in [0.2, 0.25) is 0 Å². The van der Waals surface area contributed by atoms with Crippen molar-refractivity contribution in [3.8, 4) is 0 Å². The normalized spacial score (nSPS) is 22.9. The van der Waals surface area contributed by atoms with Crippen LogP contribution in [0.1, 0.15) is 25.3 Å². The van der Waals surface area contributed by atoms with E-state index >= 15 is 0 Å². The minimum Gasteiger partial charge on any atom is -0.373 e. The molecule has 1 unspecified atom stereocenters. The first-order valence-corrected chi connectivity index (χ1v) is 7.53. The average molecular weight is 316 g/mol. The summed E-state index contributed by atoms with van der Waals surface area (Å²) in [6, 6.07) is 3.64. The highest BCUT2D eigenvalue weighted by atomic mass is 32.1.